The molecule has 64 heavy (non-hydrogen) atoms. The van der Waals surface area contributed by atoms with Gasteiger partial charge in [0.1, 0.15) is 13.2 Å². The largest absolute Gasteiger partial charge is 0.462 e. The zero-order valence-corrected chi connectivity index (χ0v) is 42.0. The lowest BCUT2D eigenvalue weighted by atomic mass is 10.0. The molecule has 0 aliphatic carbocycles. The minimum absolute atomic E-state index is 0.0955. The second kappa shape index (κ2) is 52.5. The maximum absolute atomic E-state index is 12.8. The van der Waals surface area contributed by atoms with Crippen molar-refractivity contribution in [2.45, 2.75) is 264 Å². The van der Waals surface area contributed by atoms with Gasteiger partial charge in [-0.15, -0.1) is 0 Å². The molecule has 0 rings (SSSR count). The summed E-state index contributed by atoms with van der Waals surface area (Å²) in [4.78, 5) is 38.0. The molecule has 0 aromatic rings. The maximum atomic E-state index is 12.8. The first kappa shape index (κ1) is 60.9. The smallest absolute Gasteiger partial charge is 0.306 e. The summed E-state index contributed by atoms with van der Waals surface area (Å²) in [7, 11) is 0. The second-order valence-electron chi connectivity index (χ2n) is 17.8. The van der Waals surface area contributed by atoms with Gasteiger partial charge in [-0.25, -0.2) is 0 Å². The van der Waals surface area contributed by atoms with Crippen molar-refractivity contribution < 1.29 is 28.6 Å². The number of hydrogen-bond donors (Lipinski definition) is 0. The standard InChI is InChI=1S/C58H100O6/c1-4-7-10-13-16-19-22-25-28-29-31-33-36-39-42-45-48-51-57(60)63-54-55(53-62-56(59)50-47-44-41-38-35-32-27-24-21-18-15-12-9-6-3)64-58(61)52-49-46-43-40-37-34-30-26-23-20-17-14-11-8-5-2/h16-17,19-20,23,25-26,28,31,33,39,42,55H,4-15,18,21-22,24,27,29-30,32,34-38,40-41,43-54H2,1-3H3/b19-16-,20-17-,26-23-,28-25-,33-31-,42-39-. The summed E-state index contributed by atoms with van der Waals surface area (Å²) in [6.07, 6.45) is 66.0. The first-order valence-electron chi connectivity index (χ1n) is 27.0. The fourth-order valence-corrected chi connectivity index (χ4v) is 7.37. The second-order valence-corrected chi connectivity index (χ2v) is 17.8. The Bertz CT molecular complexity index is 1210. The van der Waals surface area contributed by atoms with E-state index in [0.717, 1.165) is 77.0 Å². The van der Waals surface area contributed by atoms with E-state index in [0.29, 0.717) is 19.3 Å². The fourth-order valence-electron chi connectivity index (χ4n) is 7.37. The van der Waals surface area contributed by atoms with E-state index in [9.17, 15) is 14.4 Å². The molecule has 6 heteroatoms. The van der Waals surface area contributed by atoms with E-state index in [2.05, 4.69) is 93.7 Å². The summed E-state index contributed by atoms with van der Waals surface area (Å²) in [5, 5.41) is 0. The maximum Gasteiger partial charge on any atom is 0.306 e. The lowest BCUT2D eigenvalue weighted by Crippen LogP contribution is -2.30. The zero-order valence-electron chi connectivity index (χ0n) is 42.0. The number of carbonyl (C=O) groups is 3. The molecule has 6 nitrogen and oxygen atoms in total. The third-order valence-corrected chi connectivity index (χ3v) is 11.5. The Morgan fingerprint density at radius 3 is 1.06 bits per heavy atom. The van der Waals surface area contributed by atoms with Crippen LogP contribution in [-0.4, -0.2) is 37.2 Å². The molecule has 0 aliphatic heterocycles. The van der Waals surface area contributed by atoms with E-state index >= 15 is 0 Å². The van der Waals surface area contributed by atoms with Gasteiger partial charge in [0.25, 0.3) is 0 Å². The van der Waals surface area contributed by atoms with Crippen LogP contribution in [0.1, 0.15) is 258 Å². The number of carbonyl (C=O) groups excluding carboxylic acids is 3. The molecular weight excluding hydrogens is 793 g/mol. The predicted octanol–water partition coefficient (Wildman–Crippen LogP) is 17.8. The van der Waals surface area contributed by atoms with Crippen LogP contribution in [0.2, 0.25) is 0 Å². The molecule has 0 saturated carbocycles. The molecule has 0 heterocycles. The lowest BCUT2D eigenvalue weighted by molar-refractivity contribution is -0.167. The van der Waals surface area contributed by atoms with Gasteiger partial charge in [0.2, 0.25) is 0 Å². The molecule has 1 unspecified atom stereocenters. The third-order valence-electron chi connectivity index (χ3n) is 11.5. The summed E-state index contributed by atoms with van der Waals surface area (Å²) in [5.41, 5.74) is 0. The Kier molecular flexibility index (Phi) is 49.9. The molecule has 368 valence electrons. The van der Waals surface area contributed by atoms with Gasteiger partial charge in [0.05, 0.1) is 0 Å². The van der Waals surface area contributed by atoms with Crippen molar-refractivity contribution in [1.29, 1.82) is 0 Å². The van der Waals surface area contributed by atoms with E-state index in [1.54, 1.807) is 0 Å². The Morgan fingerprint density at radius 2 is 0.625 bits per heavy atom. The fraction of sp³-hybridized carbons (Fsp3) is 0.741. The normalized spacial score (nSPS) is 12.6. The Labute approximate surface area is 395 Å². The van der Waals surface area contributed by atoms with Gasteiger partial charge in [-0.3, -0.25) is 14.4 Å². The van der Waals surface area contributed by atoms with Gasteiger partial charge in [-0.05, 0) is 83.5 Å². The van der Waals surface area contributed by atoms with Crippen molar-refractivity contribution in [1.82, 2.24) is 0 Å². The topological polar surface area (TPSA) is 78.9 Å². The average molecular weight is 893 g/mol. The Balaban J connectivity index is 4.48. The van der Waals surface area contributed by atoms with E-state index in [1.807, 2.05) is 0 Å². The molecule has 0 saturated heterocycles. The van der Waals surface area contributed by atoms with Gasteiger partial charge >= 0.3 is 17.9 Å². The number of allylic oxidation sites excluding steroid dienone is 12. The number of hydrogen-bond acceptors (Lipinski definition) is 6. The number of unbranched alkanes of at least 4 members (excludes halogenated alkanes) is 26. The van der Waals surface area contributed by atoms with E-state index < -0.39 is 6.10 Å². The molecule has 0 aliphatic rings. The van der Waals surface area contributed by atoms with E-state index in [4.69, 9.17) is 14.2 Å². The van der Waals surface area contributed by atoms with Crippen LogP contribution in [0.25, 0.3) is 0 Å². The summed E-state index contributed by atoms with van der Waals surface area (Å²) in [6, 6.07) is 0. The molecule has 0 radical (unpaired) electrons. The predicted molar refractivity (Wildman–Crippen MR) is 274 cm³/mol. The van der Waals surface area contributed by atoms with Crippen LogP contribution in [0.4, 0.5) is 0 Å². The van der Waals surface area contributed by atoms with Gasteiger partial charge in [0, 0.05) is 19.3 Å². The van der Waals surface area contributed by atoms with Gasteiger partial charge < -0.3 is 14.2 Å². The molecular formula is C58H100O6. The van der Waals surface area contributed by atoms with Crippen molar-refractivity contribution in [3.05, 3.63) is 72.9 Å². The van der Waals surface area contributed by atoms with Crippen LogP contribution < -0.4 is 0 Å². The molecule has 0 bridgehead atoms. The first-order valence-corrected chi connectivity index (χ1v) is 27.0. The van der Waals surface area contributed by atoms with Crippen molar-refractivity contribution in [2.75, 3.05) is 13.2 Å². The van der Waals surface area contributed by atoms with Crippen molar-refractivity contribution >= 4 is 17.9 Å². The quantitative estimate of drug-likeness (QED) is 0.0199. The lowest BCUT2D eigenvalue weighted by Gasteiger charge is -2.18. The monoisotopic (exact) mass is 893 g/mol. The zero-order chi connectivity index (χ0) is 46.5. The minimum Gasteiger partial charge on any atom is -0.462 e. The van der Waals surface area contributed by atoms with Crippen LogP contribution in [0.3, 0.4) is 0 Å². The van der Waals surface area contributed by atoms with E-state index in [-0.39, 0.29) is 37.5 Å². The molecule has 0 N–H and O–H groups in total. The molecule has 1 atom stereocenters. The molecule has 0 fully saturated rings. The molecule has 0 aromatic heterocycles. The number of esters is 3. The first-order chi connectivity index (χ1) is 31.5. The van der Waals surface area contributed by atoms with Crippen LogP contribution in [-0.2, 0) is 28.6 Å². The van der Waals surface area contributed by atoms with Crippen LogP contribution in [0.15, 0.2) is 72.9 Å². The summed E-state index contributed by atoms with van der Waals surface area (Å²) < 4.78 is 16.8. The van der Waals surface area contributed by atoms with Gasteiger partial charge in [-0.1, -0.05) is 229 Å². The Hall–Kier alpha value is -3.15. The van der Waals surface area contributed by atoms with Crippen molar-refractivity contribution in [3.8, 4) is 0 Å². The summed E-state index contributed by atoms with van der Waals surface area (Å²) in [5.74, 6) is -0.961. The van der Waals surface area contributed by atoms with Crippen LogP contribution >= 0.6 is 0 Å². The Morgan fingerprint density at radius 1 is 0.328 bits per heavy atom. The highest BCUT2D eigenvalue weighted by Gasteiger charge is 2.19. The highest BCUT2D eigenvalue weighted by atomic mass is 16.6. The summed E-state index contributed by atoms with van der Waals surface area (Å²) >= 11 is 0. The molecule has 0 aromatic carbocycles. The highest BCUT2D eigenvalue weighted by molar-refractivity contribution is 5.71. The third kappa shape index (κ3) is 49.9. The molecule has 0 spiro atoms. The van der Waals surface area contributed by atoms with Crippen molar-refractivity contribution in [2.24, 2.45) is 0 Å². The number of rotatable bonds is 48. The average Bonchev–Trinajstić information content (AvgIpc) is 3.29. The number of ether oxygens (including phenoxy) is 3. The summed E-state index contributed by atoms with van der Waals surface area (Å²) in [6.45, 7) is 6.53. The minimum atomic E-state index is -0.801. The molecule has 0 amide bonds. The van der Waals surface area contributed by atoms with E-state index in [1.165, 1.54) is 135 Å². The highest BCUT2D eigenvalue weighted by Crippen LogP contribution is 2.15. The van der Waals surface area contributed by atoms with Crippen LogP contribution in [0, 0.1) is 0 Å². The van der Waals surface area contributed by atoms with Gasteiger partial charge in [0.15, 0.2) is 6.10 Å². The van der Waals surface area contributed by atoms with Crippen LogP contribution in [0.5, 0.6) is 0 Å². The SMILES string of the molecule is CCCCC/C=C\C=C/CCCCCCCCC(=O)OC(COC(=O)CCC/C=C\C/C=C\C/C=C\C/C=C\CCCCC)COC(=O)CCCCCCCCCCCCCCCC. The van der Waals surface area contributed by atoms with Gasteiger partial charge in [-0.2, -0.15) is 0 Å². The van der Waals surface area contributed by atoms with Crippen molar-refractivity contribution in [3.63, 3.8) is 0 Å².